The number of ether oxygens (including phenoxy) is 4. The number of methoxy groups -OCH3 is 1. The number of sulfonamides is 1. The van der Waals surface area contributed by atoms with Gasteiger partial charge in [0, 0.05) is 35.6 Å². The van der Waals surface area contributed by atoms with Crippen molar-refractivity contribution in [1.82, 2.24) is 25.2 Å². The molecule has 3 aliphatic heterocycles. The number of nitrogens with zero attached hydrogens (tertiary/aromatic N) is 3. The number of benzene rings is 1. The van der Waals surface area contributed by atoms with Gasteiger partial charge in [-0.05, 0) is 74.3 Å². The fourth-order valence-electron chi connectivity index (χ4n) is 9.08. The number of carbonyl (C=O) groups excluding carboxylic acids is 4. The summed E-state index contributed by atoms with van der Waals surface area (Å²) in [5.74, 6) is -0.468. The van der Waals surface area contributed by atoms with E-state index in [1.165, 1.54) is 11.0 Å². The summed E-state index contributed by atoms with van der Waals surface area (Å²) in [6.45, 7) is 8.28. The average molecular weight is 881 g/mol. The van der Waals surface area contributed by atoms with Crippen LogP contribution < -0.4 is 29.6 Å². The van der Waals surface area contributed by atoms with Crippen LogP contribution >= 0.6 is 11.8 Å². The fourth-order valence-corrected chi connectivity index (χ4v) is 11.2. The minimum atomic E-state index is -3.92. The summed E-state index contributed by atoms with van der Waals surface area (Å²) in [5, 5.41) is 5.80. The largest absolute Gasteiger partial charge is 0.496 e. The number of aromatic nitrogens is 1. The molecule has 4 heterocycles. The SMILES string of the molecule is C=C[C@@H]1C[C@]1(NC(=O)[C@@H]1C[C@@H]2CN1C(=O)[C@H](C1CCCC1)NC(=O)OCC(C)(C)CCCc1cc3c(cc(OCC4CSC=N4)nc3cc1OC)O2)C(=O)NS(=O)(=O)C1CC1. The minimum absolute atomic E-state index is 0.0267. The Morgan fingerprint density at radius 3 is 2.61 bits per heavy atom. The third-order valence-corrected chi connectivity index (χ3v) is 15.6. The molecule has 330 valence electrons. The monoisotopic (exact) mass is 880 g/mol. The molecule has 16 nitrogen and oxygen atoms in total. The number of pyridine rings is 1. The number of amides is 4. The molecule has 3 saturated carbocycles. The van der Waals surface area contributed by atoms with E-state index in [0.717, 1.165) is 37.0 Å². The number of cyclic esters (lactones) is 1. The molecule has 1 unspecified atom stereocenters. The Bertz CT molecular complexity index is 2210. The first-order chi connectivity index (χ1) is 29.2. The van der Waals surface area contributed by atoms with Crippen molar-refractivity contribution in [3.05, 3.63) is 36.4 Å². The van der Waals surface area contributed by atoms with Crippen LogP contribution in [0.3, 0.4) is 0 Å². The van der Waals surface area contributed by atoms with E-state index in [1.54, 1.807) is 24.9 Å². The molecule has 2 aromatic rings. The summed E-state index contributed by atoms with van der Waals surface area (Å²) in [5.41, 5.74) is 1.36. The molecule has 3 aliphatic carbocycles. The van der Waals surface area contributed by atoms with Gasteiger partial charge in [-0.15, -0.1) is 18.3 Å². The Balaban J connectivity index is 1.16. The highest BCUT2D eigenvalue weighted by Crippen LogP contribution is 2.46. The predicted octanol–water partition coefficient (Wildman–Crippen LogP) is 4.43. The Labute approximate surface area is 360 Å². The molecule has 4 amide bonds. The van der Waals surface area contributed by atoms with Crippen molar-refractivity contribution in [2.24, 2.45) is 22.2 Å². The fraction of sp³-hybridized carbons (Fsp3) is 0.628. The van der Waals surface area contributed by atoms with Gasteiger partial charge >= 0.3 is 6.09 Å². The molecule has 3 N–H and O–H groups in total. The van der Waals surface area contributed by atoms with Crippen molar-refractivity contribution in [3.8, 4) is 17.4 Å². The van der Waals surface area contributed by atoms with Crippen LogP contribution in [0.1, 0.15) is 83.6 Å². The number of aliphatic imine (C=N–C) groups is 1. The smallest absolute Gasteiger partial charge is 0.407 e. The minimum Gasteiger partial charge on any atom is -0.496 e. The maximum absolute atomic E-state index is 14.9. The number of nitrogens with one attached hydrogen (secondary N) is 3. The van der Waals surface area contributed by atoms with Crippen LogP contribution in [0.15, 0.2) is 35.8 Å². The number of carbonyl (C=O) groups is 4. The molecule has 18 heteroatoms. The van der Waals surface area contributed by atoms with Crippen molar-refractivity contribution in [2.75, 3.05) is 32.6 Å². The average Bonchev–Trinajstić information content (AvgIpc) is 3.97. The zero-order valence-electron chi connectivity index (χ0n) is 35.0. The van der Waals surface area contributed by atoms with Gasteiger partial charge in [-0.2, -0.15) is 0 Å². The summed E-state index contributed by atoms with van der Waals surface area (Å²) in [6.07, 6.45) is 6.49. The van der Waals surface area contributed by atoms with E-state index in [-0.39, 0.29) is 43.4 Å². The van der Waals surface area contributed by atoms with Crippen LogP contribution in [0.4, 0.5) is 4.79 Å². The van der Waals surface area contributed by atoms with Crippen molar-refractivity contribution < 1.29 is 46.5 Å². The number of aryl methyl sites for hydroxylation is 1. The quantitative estimate of drug-likeness (QED) is 0.269. The lowest BCUT2D eigenvalue weighted by molar-refractivity contribution is -0.142. The molecular formula is C43H56N6O10S2. The molecule has 8 rings (SSSR count). The van der Waals surface area contributed by atoms with Crippen LogP contribution in [-0.2, 0) is 35.6 Å². The molecule has 61 heavy (non-hydrogen) atoms. The molecule has 4 fully saturated rings. The summed E-state index contributed by atoms with van der Waals surface area (Å²) in [7, 11) is -2.31. The highest BCUT2D eigenvalue weighted by Gasteiger charge is 2.62. The highest BCUT2D eigenvalue weighted by atomic mass is 32.2. The summed E-state index contributed by atoms with van der Waals surface area (Å²) in [4.78, 5) is 67.5. The van der Waals surface area contributed by atoms with Gasteiger partial charge in [-0.1, -0.05) is 32.8 Å². The molecule has 1 aromatic carbocycles. The van der Waals surface area contributed by atoms with Crippen LogP contribution in [0.2, 0.25) is 0 Å². The van der Waals surface area contributed by atoms with E-state index >= 15 is 0 Å². The molecule has 0 spiro atoms. The molecule has 6 aliphatic rings. The summed E-state index contributed by atoms with van der Waals surface area (Å²) >= 11 is 1.61. The van der Waals surface area contributed by atoms with Gasteiger partial charge in [0.1, 0.15) is 41.8 Å². The lowest BCUT2D eigenvalue weighted by Gasteiger charge is -2.32. The molecule has 4 bridgehead atoms. The van der Waals surface area contributed by atoms with Crippen molar-refractivity contribution in [1.29, 1.82) is 0 Å². The van der Waals surface area contributed by atoms with Crippen molar-refractivity contribution in [2.45, 2.75) is 119 Å². The number of alkyl carbamates (subject to hydrolysis) is 1. The molecule has 0 radical (unpaired) electrons. The molecule has 1 saturated heterocycles. The van der Waals surface area contributed by atoms with Gasteiger partial charge in [-0.3, -0.25) is 24.1 Å². The molecule has 1 aromatic heterocycles. The zero-order valence-corrected chi connectivity index (χ0v) is 36.6. The maximum Gasteiger partial charge on any atom is 0.407 e. The summed E-state index contributed by atoms with van der Waals surface area (Å²) in [6, 6.07) is 3.42. The van der Waals surface area contributed by atoms with Crippen LogP contribution in [-0.4, -0.2) is 115 Å². The van der Waals surface area contributed by atoms with Crippen LogP contribution in [0, 0.1) is 17.3 Å². The second-order valence-corrected chi connectivity index (χ2v) is 21.0. The van der Waals surface area contributed by atoms with Gasteiger partial charge in [0.05, 0.1) is 42.6 Å². The van der Waals surface area contributed by atoms with Gasteiger partial charge in [0.25, 0.3) is 5.91 Å². The van der Waals surface area contributed by atoms with E-state index < -0.39 is 68.7 Å². The predicted molar refractivity (Wildman–Crippen MR) is 229 cm³/mol. The Morgan fingerprint density at radius 2 is 1.92 bits per heavy atom. The second kappa shape index (κ2) is 17.3. The first-order valence-corrected chi connectivity index (χ1v) is 24.0. The van der Waals surface area contributed by atoms with E-state index in [1.807, 2.05) is 31.5 Å². The second-order valence-electron chi connectivity index (χ2n) is 18.1. The van der Waals surface area contributed by atoms with Gasteiger partial charge in [0.15, 0.2) is 0 Å². The van der Waals surface area contributed by atoms with Gasteiger partial charge in [-0.25, -0.2) is 18.2 Å². The highest BCUT2D eigenvalue weighted by molar-refractivity contribution is 8.12. The topological polar surface area (TPSA) is 204 Å². The Hall–Kier alpha value is -4.58. The lowest BCUT2D eigenvalue weighted by Crippen LogP contribution is -2.59. The zero-order chi connectivity index (χ0) is 43.1. The normalized spacial score (nSPS) is 29.2. The van der Waals surface area contributed by atoms with E-state index in [4.69, 9.17) is 23.9 Å². The van der Waals surface area contributed by atoms with Crippen molar-refractivity contribution >= 4 is 62.0 Å². The third-order valence-electron chi connectivity index (χ3n) is 12.9. The van der Waals surface area contributed by atoms with Gasteiger partial charge < -0.3 is 34.5 Å². The maximum atomic E-state index is 14.9. The lowest BCUT2D eigenvalue weighted by atomic mass is 9.87. The molecule has 6 atom stereocenters. The number of hydrogen-bond donors (Lipinski definition) is 3. The molecular weight excluding hydrogens is 825 g/mol. The first kappa shape index (κ1) is 43.1. The van der Waals surface area contributed by atoms with Crippen LogP contribution in [0.5, 0.6) is 17.4 Å². The van der Waals surface area contributed by atoms with E-state index in [9.17, 15) is 27.6 Å². The van der Waals surface area contributed by atoms with Crippen LogP contribution in [0.25, 0.3) is 10.9 Å². The number of rotatable bonds is 11. The van der Waals surface area contributed by atoms with E-state index in [2.05, 4.69) is 26.9 Å². The third kappa shape index (κ3) is 9.44. The van der Waals surface area contributed by atoms with Gasteiger partial charge in [0.2, 0.25) is 27.7 Å². The number of thioether (sulfide) groups is 1. The summed E-state index contributed by atoms with van der Waals surface area (Å²) < 4.78 is 52.6. The van der Waals surface area contributed by atoms with E-state index in [0.29, 0.717) is 67.0 Å². The first-order valence-electron chi connectivity index (χ1n) is 21.4. The number of fused-ring (bicyclic) bond motifs is 3. The standard InChI is InChI=1S/C43H56N6O10S2/c1-5-27-19-43(27,40(52)48-61(54,55)30-12-13-30)47-38(50)33-16-29-20-49(33)39(51)37(25-9-6-7-10-25)46-41(53)58-23-42(2,3)14-8-11-26-15-31-32(17-34(26)56-4)45-36(18-35(31)59-29)57-21-28-22-60-24-44-28/h5,15,17-18,24-25,27-30,33,37H,1,6-14,16,19-23H2,2-4H3,(H,46,53)(H,47,50)(H,48,52)/t27-,28?,29-,33+,37+,43-/m1/s1. The Kier molecular flexibility index (Phi) is 12.2. The number of hydrogen-bond acceptors (Lipinski definition) is 13. The Morgan fingerprint density at radius 1 is 1.13 bits per heavy atom. The van der Waals surface area contributed by atoms with Crippen molar-refractivity contribution in [3.63, 3.8) is 0 Å².